The number of nitrogens with zero attached hydrogens (tertiary/aromatic N) is 1. The molecule has 0 saturated carbocycles. The second-order valence-corrected chi connectivity index (χ2v) is 2.93. The van der Waals surface area contributed by atoms with E-state index in [-0.39, 0.29) is 10.5 Å². The Morgan fingerprint density at radius 3 is 2.58 bits per heavy atom. The van der Waals surface area contributed by atoms with Crippen LogP contribution in [0, 0.1) is 23.0 Å². The summed E-state index contributed by atoms with van der Waals surface area (Å²) < 4.78 is 25.7. The Labute approximate surface area is 73.0 Å². The predicted molar refractivity (Wildman–Crippen MR) is 42.9 cm³/mol. The molecule has 1 aromatic rings. The van der Waals surface area contributed by atoms with E-state index >= 15 is 0 Å². The number of hydrogen-bond acceptors (Lipinski definition) is 2. The fourth-order valence-corrected chi connectivity index (χ4v) is 1.31. The molecule has 1 rings (SSSR count). The highest BCUT2D eigenvalue weighted by atomic mass is 32.2. The quantitative estimate of drug-likeness (QED) is 0.628. The summed E-state index contributed by atoms with van der Waals surface area (Å²) in [4.78, 5) is 0.159. The minimum absolute atomic E-state index is 0.159. The van der Waals surface area contributed by atoms with Crippen LogP contribution in [0.5, 0.6) is 0 Å². The molecular formula is C8H5F2NS. The first-order chi connectivity index (χ1) is 5.69. The van der Waals surface area contributed by atoms with Crippen molar-refractivity contribution in [2.24, 2.45) is 0 Å². The first-order valence-electron chi connectivity index (χ1n) is 3.12. The average Bonchev–Trinajstić information content (AvgIpc) is 2.08. The molecule has 4 heteroatoms. The van der Waals surface area contributed by atoms with E-state index in [0.717, 1.165) is 23.9 Å². The van der Waals surface area contributed by atoms with Crippen LogP contribution in [0.3, 0.4) is 0 Å². The number of benzene rings is 1. The minimum atomic E-state index is -0.647. The molecule has 0 aromatic heterocycles. The Hall–Kier alpha value is -1.08. The van der Waals surface area contributed by atoms with Crippen molar-refractivity contribution in [3.8, 4) is 6.07 Å². The van der Waals surface area contributed by atoms with Crippen LogP contribution < -0.4 is 0 Å². The maximum Gasteiger partial charge on any atom is 0.154 e. The van der Waals surface area contributed by atoms with Crippen molar-refractivity contribution < 1.29 is 8.78 Å². The van der Waals surface area contributed by atoms with Crippen LogP contribution in [-0.4, -0.2) is 6.26 Å². The first kappa shape index (κ1) is 9.01. The number of nitriles is 1. The van der Waals surface area contributed by atoms with Gasteiger partial charge in [-0.3, -0.25) is 0 Å². The van der Waals surface area contributed by atoms with Gasteiger partial charge in [0.1, 0.15) is 11.9 Å². The third-order valence-corrected chi connectivity index (χ3v) is 2.08. The van der Waals surface area contributed by atoms with Gasteiger partial charge in [-0.05, 0) is 18.4 Å². The summed E-state index contributed by atoms with van der Waals surface area (Å²) >= 11 is 1.07. The number of rotatable bonds is 1. The topological polar surface area (TPSA) is 23.8 Å². The van der Waals surface area contributed by atoms with Gasteiger partial charge in [0.25, 0.3) is 0 Å². The van der Waals surface area contributed by atoms with Crippen molar-refractivity contribution in [3.63, 3.8) is 0 Å². The van der Waals surface area contributed by atoms with E-state index in [2.05, 4.69) is 0 Å². The molecule has 0 aliphatic rings. The van der Waals surface area contributed by atoms with E-state index in [1.165, 1.54) is 0 Å². The third-order valence-electron chi connectivity index (χ3n) is 1.34. The van der Waals surface area contributed by atoms with Gasteiger partial charge >= 0.3 is 0 Å². The molecule has 0 fully saturated rings. The highest BCUT2D eigenvalue weighted by Gasteiger charge is 2.09. The van der Waals surface area contributed by atoms with Crippen LogP contribution in [0.2, 0.25) is 0 Å². The fourth-order valence-electron chi connectivity index (χ4n) is 0.794. The Bertz CT molecular complexity index is 344. The molecule has 0 N–H and O–H groups in total. The Morgan fingerprint density at radius 2 is 2.08 bits per heavy atom. The largest absolute Gasteiger partial charge is 0.207 e. The standard InChI is InChI=1S/C8H5F2NS/c1-12-7-3-6(9)2-5(4-11)8(7)10/h2-3H,1H3. The molecule has 0 aliphatic heterocycles. The molecule has 0 radical (unpaired) electrons. The van der Waals surface area contributed by atoms with Gasteiger partial charge in [0.15, 0.2) is 5.82 Å². The summed E-state index contributed by atoms with van der Waals surface area (Å²) in [5.74, 6) is -1.23. The lowest BCUT2D eigenvalue weighted by Crippen LogP contribution is -1.89. The van der Waals surface area contributed by atoms with E-state index in [1.807, 2.05) is 0 Å². The number of halogens is 2. The highest BCUT2D eigenvalue weighted by molar-refractivity contribution is 7.98. The van der Waals surface area contributed by atoms with Gasteiger partial charge in [-0.25, -0.2) is 8.78 Å². The fraction of sp³-hybridized carbons (Fsp3) is 0.125. The molecular weight excluding hydrogens is 180 g/mol. The minimum Gasteiger partial charge on any atom is -0.207 e. The molecule has 1 nitrogen and oxygen atoms in total. The molecule has 0 bridgehead atoms. The lowest BCUT2D eigenvalue weighted by Gasteiger charge is -2.00. The van der Waals surface area contributed by atoms with Crippen molar-refractivity contribution in [1.82, 2.24) is 0 Å². The van der Waals surface area contributed by atoms with E-state index in [1.54, 1.807) is 12.3 Å². The third kappa shape index (κ3) is 1.56. The molecule has 0 amide bonds. The maximum atomic E-state index is 13.0. The van der Waals surface area contributed by atoms with E-state index in [4.69, 9.17) is 5.26 Å². The second kappa shape index (κ2) is 3.55. The second-order valence-electron chi connectivity index (χ2n) is 2.08. The summed E-state index contributed by atoms with van der Waals surface area (Å²) in [5, 5.41) is 8.40. The summed E-state index contributed by atoms with van der Waals surface area (Å²) in [6.07, 6.45) is 1.62. The SMILES string of the molecule is CSc1cc(F)cc(C#N)c1F. The molecule has 0 atom stereocenters. The molecule has 0 spiro atoms. The monoisotopic (exact) mass is 185 g/mol. The molecule has 0 saturated heterocycles. The van der Waals surface area contributed by atoms with Gasteiger partial charge in [-0.2, -0.15) is 5.26 Å². The molecule has 0 unspecified atom stereocenters. The zero-order valence-electron chi connectivity index (χ0n) is 6.27. The maximum absolute atomic E-state index is 13.0. The normalized spacial score (nSPS) is 9.50. The Balaban J connectivity index is 3.34. The smallest absolute Gasteiger partial charge is 0.154 e. The van der Waals surface area contributed by atoms with Crippen LogP contribution in [-0.2, 0) is 0 Å². The van der Waals surface area contributed by atoms with Crippen LogP contribution in [0.4, 0.5) is 8.78 Å². The van der Waals surface area contributed by atoms with Gasteiger partial charge in [0.2, 0.25) is 0 Å². The lowest BCUT2D eigenvalue weighted by molar-refractivity contribution is 0.573. The highest BCUT2D eigenvalue weighted by Crippen LogP contribution is 2.22. The van der Waals surface area contributed by atoms with Crippen LogP contribution in [0.25, 0.3) is 0 Å². The van der Waals surface area contributed by atoms with Gasteiger partial charge < -0.3 is 0 Å². The van der Waals surface area contributed by atoms with Gasteiger partial charge in [-0.15, -0.1) is 11.8 Å². The summed E-state index contributed by atoms with van der Waals surface area (Å²) in [6.45, 7) is 0. The zero-order valence-corrected chi connectivity index (χ0v) is 7.08. The van der Waals surface area contributed by atoms with Crippen molar-refractivity contribution in [2.45, 2.75) is 4.90 Å². The zero-order chi connectivity index (χ0) is 9.14. The molecule has 0 aliphatic carbocycles. The summed E-state index contributed by atoms with van der Waals surface area (Å²) in [6, 6.07) is 3.54. The van der Waals surface area contributed by atoms with Crippen LogP contribution in [0.15, 0.2) is 17.0 Å². The number of hydrogen-bond donors (Lipinski definition) is 0. The van der Waals surface area contributed by atoms with Crippen LogP contribution >= 0.6 is 11.8 Å². The number of thioether (sulfide) groups is 1. The van der Waals surface area contributed by atoms with E-state index < -0.39 is 11.6 Å². The average molecular weight is 185 g/mol. The van der Waals surface area contributed by atoms with Gasteiger partial charge in [0.05, 0.1) is 5.56 Å². The van der Waals surface area contributed by atoms with Crippen molar-refractivity contribution in [2.75, 3.05) is 6.26 Å². The van der Waals surface area contributed by atoms with Crippen molar-refractivity contribution >= 4 is 11.8 Å². The Morgan fingerprint density at radius 1 is 1.42 bits per heavy atom. The Kier molecular flexibility index (Phi) is 2.66. The van der Waals surface area contributed by atoms with Gasteiger partial charge in [-0.1, -0.05) is 0 Å². The molecule has 0 heterocycles. The lowest BCUT2D eigenvalue weighted by atomic mass is 10.2. The molecule has 1 aromatic carbocycles. The van der Waals surface area contributed by atoms with Crippen molar-refractivity contribution in [1.29, 1.82) is 5.26 Å². The predicted octanol–water partition coefficient (Wildman–Crippen LogP) is 2.56. The summed E-state index contributed by atoms with van der Waals surface area (Å²) in [7, 11) is 0. The molecule has 62 valence electrons. The molecule has 12 heavy (non-hydrogen) atoms. The van der Waals surface area contributed by atoms with Gasteiger partial charge in [0, 0.05) is 4.90 Å². The first-order valence-corrected chi connectivity index (χ1v) is 4.34. The van der Waals surface area contributed by atoms with E-state index in [9.17, 15) is 8.78 Å². The van der Waals surface area contributed by atoms with Crippen LogP contribution in [0.1, 0.15) is 5.56 Å². The summed E-state index contributed by atoms with van der Waals surface area (Å²) in [5.41, 5.74) is -0.251. The van der Waals surface area contributed by atoms with E-state index in [0.29, 0.717) is 0 Å². The van der Waals surface area contributed by atoms with Crippen molar-refractivity contribution in [3.05, 3.63) is 29.3 Å².